The first-order valence-electron chi connectivity index (χ1n) is 9.93. The van der Waals surface area contributed by atoms with Crippen molar-refractivity contribution in [3.05, 3.63) is 83.0 Å². The molecule has 144 valence electrons. The third kappa shape index (κ3) is 3.18. The lowest BCUT2D eigenvalue weighted by Crippen LogP contribution is -2.37. The molecule has 5 rings (SSSR count). The SMILES string of the molecule is Cc1ccccc1-c1[nH]nc2ncc3c(c12)CCN(C(=O)Cc1ccccc1)C3. The molecule has 2 aromatic carbocycles. The normalized spacial score (nSPS) is 13.5. The highest BCUT2D eigenvalue weighted by atomic mass is 16.2. The fourth-order valence-corrected chi connectivity index (χ4v) is 4.19. The van der Waals surface area contributed by atoms with Crippen LogP contribution in [0.2, 0.25) is 0 Å². The van der Waals surface area contributed by atoms with Crippen molar-refractivity contribution in [3.63, 3.8) is 0 Å². The number of fused-ring (bicyclic) bond motifs is 3. The number of nitrogens with zero attached hydrogens (tertiary/aromatic N) is 3. The molecule has 0 spiro atoms. The van der Waals surface area contributed by atoms with E-state index in [0.717, 1.165) is 46.4 Å². The van der Waals surface area contributed by atoms with Gasteiger partial charge in [0.2, 0.25) is 5.91 Å². The van der Waals surface area contributed by atoms with Crippen LogP contribution in [0, 0.1) is 6.92 Å². The molecule has 1 aliphatic heterocycles. The Hall–Kier alpha value is -3.47. The monoisotopic (exact) mass is 382 g/mol. The molecule has 0 saturated carbocycles. The fraction of sp³-hybridized carbons (Fsp3) is 0.208. The van der Waals surface area contributed by atoms with Crippen LogP contribution in [-0.2, 0) is 24.2 Å². The first-order chi connectivity index (χ1) is 14.2. The Morgan fingerprint density at radius 2 is 1.90 bits per heavy atom. The van der Waals surface area contributed by atoms with Gasteiger partial charge in [0.05, 0.1) is 17.5 Å². The van der Waals surface area contributed by atoms with Crippen molar-refractivity contribution in [1.29, 1.82) is 0 Å². The summed E-state index contributed by atoms with van der Waals surface area (Å²) in [6.07, 6.45) is 3.13. The Kier molecular flexibility index (Phi) is 4.35. The highest BCUT2D eigenvalue weighted by Gasteiger charge is 2.25. The van der Waals surface area contributed by atoms with Crippen molar-refractivity contribution in [2.75, 3.05) is 6.54 Å². The number of pyridine rings is 1. The van der Waals surface area contributed by atoms with Crippen molar-refractivity contribution in [2.45, 2.75) is 26.3 Å². The molecule has 0 saturated heterocycles. The number of H-pyrrole nitrogens is 1. The summed E-state index contributed by atoms with van der Waals surface area (Å²) in [6, 6.07) is 18.2. The summed E-state index contributed by atoms with van der Waals surface area (Å²) >= 11 is 0. The third-order valence-corrected chi connectivity index (χ3v) is 5.74. The van der Waals surface area contributed by atoms with Gasteiger partial charge in [-0.1, -0.05) is 54.6 Å². The van der Waals surface area contributed by atoms with Gasteiger partial charge in [-0.3, -0.25) is 9.89 Å². The van der Waals surface area contributed by atoms with Crippen molar-refractivity contribution >= 4 is 16.9 Å². The van der Waals surface area contributed by atoms with Crippen molar-refractivity contribution in [3.8, 4) is 11.3 Å². The summed E-state index contributed by atoms with van der Waals surface area (Å²) in [4.78, 5) is 19.3. The van der Waals surface area contributed by atoms with Crippen LogP contribution >= 0.6 is 0 Å². The van der Waals surface area contributed by atoms with E-state index in [1.54, 1.807) is 0 Å². The van der Waals surface area contributed by atoms with E-state index >= 15 is 0 Å². The van der Waals surface area contributed by atoms with E-state index in [-0.39, 0.29) is 5.91 Å². The van der Waals surface area contributed by atoms with Crippen molar-refractivity contribution in [2.24, 2.45) is 0 Å². The second-order valence-electron chi connectivity index (χ2n) is 7.60. The van der Waals surface area contributed by atoms with Gasteiger partial charge in [0, 0.05) is 24.8 Å². The van der Waals surface area contributed by atoms with Crippen molar-refractivity contribution < 1.29 is 4.79 Å². The molecular formula is C24H22N4O. The first-order valence-corrected chi connectivity index (χ1v) is 9.93. The molecule has 0 bridgehead atoms. The average molecular weight is 382 g/mol. The number of aryl methyl sites for hydroxylation is 1. The lowest BCUT2D eigenvalue weighted by atomic mass is 9.94. The molecule has 3 heterocycles. The Labute approximate surface area is 169 Å². The van der Waals surface area contributed by atoms with Crippen LogP contribution in [-0.4, -0.2) is 32.5 Å². The van der Waals surface area contributed by atoms with E-state index in [2.05, 4.69) is 34.2 Å². The van der Waals surface area contributed by atoms with Crippen LogP contribution in [0.15, 0.2) is 60.8 Å². The highest BCUT2D eigenvalue weighted by Crippen LogP contribution is 2.34. The van der Waals surface area contributed by atoms with Crippen LogP contribution in [0.3, 0.4) is 0 Å². The van der Waals surface area contributed by atoms with E-state index in [9.17, 15) is 4.79 Å². The predicted molar refractivity (Wildman–Crippen MR) is 113 cm³/mol. The summed E-state index contributed by atoms with van der Waals surface area (Å²) in [5, 5.41) is 8.72. The zero-order valence-corrected chi connectivity index (χ0v) is 16.4. The smallest absolute Gasteiger partial charge is 0.227 e. The minimum atomic E-state index is 0.160. The molecule has 0 unspecified atom stereocenters. The van der Waals surface area contributed by atoms with Gasteiger partial charge in [-0.2, -0.15) is 5.10 Å². The summed E-state index contributed by atoms with van der Waals surface area (Å²) in [6.45, 7) is 3.42. The standard InChI is InChI=1S/C24H22N4O/c1-16-7-5-6-10-19(16)23-22-20-11-12-28(15-18(20)14-25-24(22)27-26-23)21(29)13-17-8-3-2-4-9-17/h2-10,14H,11-13,15H2,1H3,(H,25,26,27). The van der Waals surface area contributed by atoms with E-state index in [0.29, 0.717) is 13.0 Å². The van der Waals surface area contributed by atoms with Gasteiger partial charge >= 0.3 is 0 Å². The van der Waals surface area contributed by atoms with E-state index in [4.69, 9.17) is 0 Å². The largest absolute Gasteiger partial charge is 0.338 e. The minimum Gasteiger partial charge on any atom is -0.338 e. The van der Waals surface area contributed by atoms with Crippen LogP contribution in [0.4, 0.5) is 0 Å². The zero-order chi connectivity index (χ0) is 19.8. The topological polar surface area (TPSA) is 61.9 Å². The Bertz CT molecular complexity index is 1200. The molecule has 0 radical (unpaired) electrons. The third-order valence-electron chi connectivity index (χ3n) is 5.74. The zero-order valence-electron chi connectivity index (χ0n) is 16.4. The summed E-state index contributed by atoms with van der Waals surface area (Å²) in [5.74, 6) is 0.160. The summed E-state index contributed by atoms with van der Waals surface area (Å²) in [7, 11) is 0. The fourth-order valence-electron chi connectivity index (χ4n) is 4.19. The minimum absolute atomic E-state index is 0.160. The average Bonchev–Trinajstić information content (AvgIpc) is 3.19. The maximum atomic E-state index is 12.8. The number of nitrogens with one attached hydrogen (secondary N) is 1. The van der Waals surface area contributed by atoms with E-state index in [1.165, 1.54) is 11.1 Å². The Balaban J connectivity index is 1.48. The van der Waals surface area contributed by atoms with E-state index in [1.807, 2.05) is 53.6 Å². The van der Waals surface area contributed by atoms with Gasteiger partial charge in [-0.05, 0) is 35.6 Å². The Morgan fingerprint density at radius 3 is 2.72 bits per heavy atom. The number of hydrogen-bond acceptors (Lipinski definition) is 3. The van der Waals surface area contributed by atoms with E-state index < -0.39 is 0 Å². The summed E-state index contributed by atoms with van der Waals surface area (Å²) in [5.41, 5.74) is 7.53. The van der Waals surface area contributed by atoms with Crippen LogP contribution in [0.5, 0.6) is 0 Å². The number of aromatic amines is 1. The molecule has 1 amide bonds. The maximum Gasteiger partial charge on any atom is 0.227 e. The second kappa shape index (κ2) is 7.17. The molecule has 0 aliphatic carbocycles. The number of hydrogen-bond donors (Lipinski definition) is 1. The summed E-state index contributed by atoms with van der Waals surface area (Å²) < 4.78 is 0. The molecule has 29 heavy (non-hydrogen) atoms. The van der Waals surface area contributed by atoms with Gasteiger partial charge in [-0.25, -0.2) is 4.98 Å². The molecule has 4 aromatic rings. The molecule has 0 atom stereocenters. The van der Waals surface area contributed by atoms with Gasteiger partial charge in [0.15, 0.2) is 5.65 Å². The number of carbonyl (C=O) groups excluding carboxylic acids is 1. The number of amides is 1. The highest BCUT2D eigenvalue weighted by molar-refractivity contribution is 5.95. The van der Waals surface area contributed by atoms with Gasteiger partial charge < -0.3 is 4.90 Å². The quantitative estimate of drug-likeness (QED) is 0.581. The predicted octanol–water partition coefficient (Wildman–Crippen LogP) is 4.06. The van der Waals surface area contributed by atoms with Crippen LogP contribution < -0.4 is 0 Å². The molecular weight excluding hydrogens is 360 g/mol. The van der Waals surface area contributed by atoms with Gasteiger partial charge in [-0.15, -0.1) is 0 Å². The first kappa shape index (κ1) is 17.6. The molecule has 5 heteroatoms. The molecule has 1 aliphatic rings. The maximum absolute atomic E-state index is 12.8. The molecule has 2 aromatic heterocycles. The molecule has 5 nitrogen and oxygen atoms in total. The number of rotatable bonds is 3. The van der Waals surface area contributed by atoms with Crippen LogP contribution in [0.1, 0.15) is 22.3 Å². The Morgan fingerprint density at radius 1 is 1.10 bits per heavy atom. The molecule has 0 fully saturated rings. The number of benzene rings is 2. The van der Waals surface area contributed by atoms with Crippen molar-refractivity contribution in [1.82, 2.24) is 20.1 Å². The second-order valence-corrected chi connectivity index (χ2v) is 7.60. The lowest BCUT2D eigenvalue weighted by Gasteiger charge is -2.29. The van der Waals surface area contributed by atoms with Gasteiger partial charge in [0.1, 0.15) is 0 Å². The lowest BCUT2D eigenvalue weighted by molar-refractivity contribution is -0.131. The molecule has 1 N–H and O–H groups in total. The number of carbonyl (C=O) groups is 1. The number of aromatic nitrogens is 3. The van der Waals surface area contributed by atoms with Crippen LogP contribution in [0.25, 0.3) is 22.3 Å². The van der Waals surface area contributed by atoms with Gasteiger partial charge in [0.25, 0.3) is 0 Å².